The lowest BCUT2D eigenvalue weighted by molar-refractivity contribution is -0.169. The number of aliphatic hydroxyl groups is 1. The van der Waals surface area contributed by atoms with E-state index in [2.05, 4.69) is 56.1 Å². The van der Waals surface area contributed by atoms with Crippen molar-refractivity contribution >= 4 is 0 Å². The fraction of sp³-hybridized carbons (Fsp3) is 0.647. The van der Waals surface area contributed by atoms with Crippen molar-refractivity contribution in [1.29, 1.82) is 0 Å². The third-order valence-electron chi connectivity index (χ3n) is 5.66. The molecule has 3 saturated carbocycles. The Morgan fingerprint density at radius 3 is 2.53 bits per heavy atom. The van der Waals surface area contributed by atoms with Crippen molar-refractivity contribution in [2.75, 3.05) is 7.05 Å². The summed E-state index contributed by atoms with van der Waals surface area (Å²) in [7, 11) is 2.16. The number of benzene rings is 1. The van der Waals surface area contributed by atoms with Crippen LogP contribution in [0.5, 0.6) is 0 Å². The van der Waals surface area contributed by atoms with Crippen molar-refractivity contribution in [2.45, 2.75) is 45.4 Å². The zero-order valence-electron chi connectivity index (χ0n) is 12.2. The van der Waals surface area contributed by atoms with Gasteiger partial charge in [-0.05, 0) is 42.7 Å². The molecular formula is C17H25NO. The molecule has 3 fully saturated rings. The van der Waals surface area contributed by atoms with E-state index in [-0.39, 0.29) is 6.10 Å². The van der Waals surface area contributed by atoms with Crippen LogP contribution in [0.1, 0.15) is 32.3 Å². The summed E-state index contributed by atoms with van der Waals surface area (Å²) >= 11 is 0. The number of likely N-dealkylation sites (N-methyl/N-ethyl adjacent to an activating group) is 1. The molecule has 4 atom stereocenters. The summed E-state index contributed by atoms with van der Waals surface area (Å²) in [5.41, 5.74) is 1.74. The Balaban J connectivity index is 1.73. The first-order chi connectivity index (χ1) is 9.00. The highest BCUT2D eigenvalue weighted by molar-refractivity contribution is 5.16. The van der Waals surface area contributed by atoms with Crippen molar-refractivity contribution in [2.24, 2.45) is 17.3 Å². The number of fused-ring (bicyclic) bond motifs is 2. The minimum absolute atomic E-state index is 0.148. The molecule has 0 aliphatic heterocycles. The summed E-state index contributed by atoms with van der Waals surface area (Å²) < 4.78 is 0. The van der Waals surface area contributed by atoms with Gasteiger partial charge in [-0.25, -0.2) is 0 Å². The van der Waals surface area contributed by atoms with Gasteiger partial charge in [0.05, 0.1) is 6.10 Å². The molecule has 0 unspecified atom stereocenters. The highest BCUT2D eigenvalue weighted by atomic mass is 16.3. The molecule has 1 N–H and O–H groups in total. The van der Waals surface area contributed by atoms with Crippen LogP contribution in [0.2, 0.25) is 0 Å². The topological polar surface area (TPSA) is 23.5 Å². The molecule has 2 nitrogen and oxygen atoms in total. The maximum atomic E-state index is 10.4. The van der Waals surface area contributed by atoms with Gasteiger partial charge in [-0.2, -0.15) is 0 Å². The Hall–Kier alpha value is -0.860. The zero-order valence-corrected chi connectivity index (χ0v) is 12.2. The van der Waals surface area contributed by atoms with Crippen molar-refractivity contribution in [3.8, 4) is 0 Å². The molecule has 0 aromatic heterocycles. The van der Waals surface area contributed by atoms with Crippen LogP contribution in [-0.4, -0.2) is 29.2 Å². The van der Waals surface area contributed by atoms with Crippen molar-refractivity contribution in [3.63, 3.8) is 0 Å². The molecule has 1 aromatic rings. The van der Waals surface area contributed by atoms with Crippen molar-refractivity contribution in [1.82, 2.24) is 4.90 Å². The van der Waals surface area contributed by atoms with E-state index in [1.165, 1.54) is 12.0 Å². The van der Waals surface area contributed by atoms with Gasteiger partial charge in [0, 0.05) is 12.6 Å². The van der Waals surface area contributed by atoms with Crippen LogP contribution < -0.4 is 0 Å². The lowest BCUT2D eigenvalue weighted by Crippen LogP contribution is -2.64. The predicted octanol–water partition coefficient (Wildman–Crippen LogP) is 2.91. The highest BCUT2D eigenvalue weighted by Gasteiger charge is 2.58. The number of hydrogen-bond donors (Lipinski definition) is 1. The van der Waals surface area contributed by atoms with E-state index < -0.39 is 0 Å². The Labute approximate surface area is 116 Å². The van der Waals surface area contributed by atoms with E-state index >= 15 is 0 Å². The van der Waals surface area contributed by atoms with E-state index in [0.717, 1.165) is 18.9 Å². The first kappa shape index (κ1) is 13.1. The SMILES string of the molecule is CN(Cc1ccccc1)[C@@H]1[C@@H](O)C[C@H]2C[C@@H]1C2(C)C. The summed E-state index contributed by atoms with van der Waals surface area (Å²) in [6.45, 7) is 5.68. The van der Waals surface area contributed by atoms with Gasteiger partial charge in [-0.15, -0.1) is 0 Å². The van der Waals surface area contributed by atoms with Crippen LogP contribution in [0, 0.1) is 17.3 Å². The average Bonchev–Trinajstić information content (AvgIpc) is 2.39. The fourth-order valence-corrected chi connectivity index (χ4v) is 4.31. The summed E-state index contributed by atoms with van der Waals surface area (Å²) in [5.74, 6) is 1.38. The molecule has 3 aliphatic rings. The average molecular weight is 259 g/mol. The maximum Gasteiger partial charge on any atom is 0.0701 e. The molecule has 0 amide bonds. The minimum atomic E-state index is -0.148. The van der Waals surface area contributed by atoms with Crippen LogP contribution >= 0.6 is 0 Å². The third kappa shape index (κ3) is 2.11. The Bertz CT molecular complexity index is 442. The number of nitrogens with zero attached hydrogens (tertiary/aromatic N) is 1. The fourth-order valence-electron chi connectivity index (χ4n) is 4.31. The van der Waals surface area contributed by atoms with Crippen molar-refractivity contribution < 1.29 is 5.11 Å². The first-order valence-corrected chi connectivity index (χ1v) is 7.42. The molecule has 0 saturated heterocycles. The number of rotatable bonds is 3. The molecule has 104 valence electrons. The number of hydrogen-bond acceptors (Lipinski definition) is 2. The second-order valence-corrected chi connectivity index (χ2v) is 7.05. The molecular weight excluding hydrogens is 234 g/mol. The molecule has 0 heterocycles. The second-order valence-electron chi connectivity index (χ2n) is 7.05. The lowest BCUT2D eigenvalue weighted by atomic mass is 9.46. The van der Waals surface area contributed by atoms with E-state index in [4.69, 9.17) is 0 Å². The summed E-state index contributed by atoms with van der Waals surface area (Å²) in [6, 6.07) is 10.9. The van der Waals surface area contributed by atoms with Gasteiger partial charge < -0.3 is 5.11 Å². The number of aliphatic hydroxyl groups excluding tert-OH is 1. The van der Waals surface area contributed by atoms with Gasteiger partial charge >= 0.3 is 0 Å². The van der Waals surface area contributed by atoms with Crippen LogP contribution in [0.4, 0.5) is 0 Å². The third-order valence-corrected chi connectivity index (χ3v) is 5.66. The summed E-state index contributed by atoms with van der Waals surface area (Å²) in [4.78, 5) is 2.36. The molecule has 2 heteroatoms. The van der Waals surface area contributed by atoms with E-state index in [0.29, 0.717) is 17.4 Å². The normalized spacial score (nSPS) is 36.1. The smallest absolute Gasteiger partial charge is 0.0701 e. The summed E-state index contributed by atoms with van der Waals surface area (Å²) in [6.07, 6.45) is 2.13. The molecule has 0 radical (unpaired) electrons. The monoisotopic (exact) mass is 259 g/mol. The second kappa shape index (κ2) is 4.60. The first-order valence-electron chi connectivity index (χ1n) is 7.42. The molecule has 3 aliphatic carbocycles. The lowest BCUT2D eigenvalue weighted by Gasteiger charge is -2.63. The van der Waals surface area contributed by atoms with Gasteiger partial charge in [-0.1, -0.05) is 44.2 Å². The molecule has 4 rings (SSSR count). The van der Waals surface area contributed by atoms with Gasteiger partial charge in [0.25, 0.3) is 0 Å². The quantitative estimate of drug-likeness (QED) is 0.902. The largest absolute Gasteiger partial charge is 0.391 e. The molecule has 1 aromatic carbocycles. The van der Waals surface area contributed by atoms with Crippen LogP contribution in [0.25, 0.3) is 0 Å². The predicted molar refractivity (Wildman–Crippen MR) is 77.7 cm³/mol. The standard InChI is InChI=1S/C17H25NO/c1-17(2)13-9-14(17)16(15(19)10-13)18(3)11-12-7-5-4-6-8-12/h4-8,13-16,19H,9-11H2,1-3H3/t13-,14+,15+,16+/m1/s1. The molecule has 0 spiro atoms. The summed E-state index contributed by atoms with van der Waals surface area (Å²) in [5, 5.41) is 10.4. The van der Waals surface area contributed by atoms with E-state index in [9.17, 15) is 5.11 Å². The van der Waals surface area contributed by atoms with Gasteiger partial charge in [0.1, 0.15) is 0 Å². The van der Waals surface area contributed by atoms with E-state index in [1.54, 1.807) is 0 Å². The Kier molecular flexibility index (Phi) is 3.18. The minimum Gasteiger partial charge on any atom is -0.391 e. The van der Waals surface area contributed by atoms with E-state index in [1.807, 2.05) is 0 Å². The van der Waals surface area contributed by atoms with Crippen LogP contribution in [0.15, 0.2) is 30.3 Å². The maximum absolute atomic E-state index is 10.4. The van der Waals surface area contributed by atoms with Gasteiger partial charge in [0.15, 0.2) is 0 Å². The van der Waals surface area contributed by atoms with Crippen LogP contribution in [0.3, 0.4) is 0 Å². The van der Waals surface area contributed by atoms with Crippen molar-refractivity contribution in [3.05, 3.63) is 35.9 Å². The van der Waals surface area contributed by atoms with Gasteiger partial charge in [0.2, 0.25) is 0 Å². The molecule has 2 bridgehead atoms. The Morgan fingerprint density at radius 1 is 1.21 bits per heavy atom. The zero-order chi connectivity index (χ0) is 13.6. The molecule has 19 heavy (non-hydrogen) atoms. The van der Waals surface area contributed by atoms with Crippen LogP contribution in [-0.2, 0) is 6.54 Å². The highest BCUT2D eigenvalue weighted by Crippen LogP contribution is 2.60. The Morgan fingerprint density at radius 2 is 1.89 bits per heavy atom. The van der Waals surface area contributed by atoms with Gasteiger partial charge in [-0.3, -0.25) is 4.90 Å².